The lowest BCUT2D eigenvalue weighted by Gasteiger charge is -2.21. The van der Waals surface area contributed by atoms with Gasteiger partial charge in [0.2, 0.25) is 11.2 Å². The zero-order valence-electron chi connectivity index (χ0n) is 12.5. The van der Waals surface area contributed by atoms with Gasteiger partial charge in [0.05, 0.1) is 6.26 Å². The number of phenolic OH excluding ortho intramolecular Hbond substituents is 3. The van der Waals surface area contributed by atoms with Crippen molar-refractivity contribution in [2.24, 2.45) is 0 Å². The standard InChI is InChI=1S/C17H18O6/c18-12-6-10(7-13(19)15(12)21)17-16(22)14(20)11(8-23-17)9-4-2-1-3-5-9/h6-9,18-19,21-22H,1-5H2. The highest BCUT2D eigenvalue weighted by molar-refractivity contribution is 5.70. The summed E-state index contributed by atoms with van der Waals surface area (Å²) < 4.78 is 5.41. The molecule has 0 radical (unpaired) electrons. The van der Waals surface area contributed by atoms with Crippen LogP contribution in [0.5, 0.6) is 23.0 Å². The third-order valence-corrected chi connectivity index (χ3v) is 4.37. The van der Waals surface area contributed by atoms with E-state index in [4.69, 9.17) is 4.42 Å². The zero-order chi connectivity index (χ0) is 16.6. The number of phenols is 3. The summed E-state index contributed by atoms with van der Waals surface area (Å²) in [6, 6.07) is 2.21. The second-order valence-electron chi connectivity index (χ2n) is 5.90. The summed E-state index contributed by atoms with van der Waals surface area (Å²) in [7, 11) is 0. The molecule has 1 heterocycles. The summed E-state index contributed by atoms with van der Waals surface area (Å²) in [5, 5.41) is 38.6. The minimum absolute atomic E-state index is 0.0848. The number of hydrogen-bond acceptors (Lipinski definition) is 6. The first-order chi connectivity index (χ1) is 11.0. The van der Waals surface area contributed by atoms with Gasteiger partial charge in [-0.05, 0) is 30.9 Å². The van der Waals surface area contributed by atoms with Crippen molar-refractivity contribution in [3.8, 4) is 34.3 Å². The molecule has 0 unspecified atom stereocenters. The Morgan fingerprint density at radius 2 is 1.52 bits per heavy atom. The van der Waals surface area contributed by atoms with Crippen LogP contribution in [0.2, 0.25) is 0 Å². The first kappa shape index (κ1) is 15.3. The molecule has 4 N–H and O–H groups in total. The van der Waals surface area contributed by atoms with Crippen molar-refractivity contribution in [1.29, 1.82) is 0 Å². The molecule has 23 heavy (non-hydrogen) atoms. The van der Waals surface area contributed by atoms with Gasteiger partial charge in [0, 0.05) is 11.1 Å². The van der Waals surface area contributed by atoms with Gasteiger partial charge in [0.1, 0.15) is 0 Å². The molecule has 1 saturated carbocycles. The molecule has 6 nitrogen and oxygen atoms in total. The van der Waals surface area contributed by atoms with E-state index < -0.39 is 28.4 Å². The molecular weight excluding hydrogens is 300 g/mol. The van der Waals surface area contributed by atoms with Gasteiger partial charge in [-0.3, -0.25) is 4.79 Å². The first-order valence-corrected chi connectivity index (χ1v) is 7.59. The van der Waals surface area contributed by atoms with E-state index in [2.05, 4.69) is 0 Å². The Kier molecular flexibility index (Phi) is 3.90. The summed E-state index contributed by atoms with van der Waals surface area (Å²) in [6.45, 7) is 0. The van der Waals surface area contributed by atoms with E-state index in [1.807, 2.05) is 0 Å². The SMILES string of the molecule is O=c1c(C2CCCCC2)coc(-c2cc(O)c(O)c(O)c2)c1O. The highest BCUT2D eigenvalue weighted by Gasteiger charge is 2.23. The molecule has 2 aromatic rings. The fraction of sp³-hybridized carbons (Fsp3) is 0.353. The number of rotatable bonds is 2. The van der Waals surface area contributed by atoms with Gasteiger partial charge in [-0.1, -0.05) is 19.3 Å². The maximum atomic E-state index is 12.4. The van der Waals surface area contributed by atoms with Crippen LogP contribution in [0.15, 0.2) is 27.6 Å². The van der Waals surface area contributed by atoms with Crippen LogP contribution >= 0.6 is 0 Å². The molecule has 0 aliphatic heterocycles. The van der Waals surface area contributed by atoms with Crippen LogP contribution in [0.1, 0.15) is 43.6 Å². The third kappa shape index (κ3) is 2.72. The molecule has 6 heteroatoms. The molecule has 0 amide bonds. The van der Waals surface area contributed by atoms with Crippen molar-refractivity contribution in [2.75, 3.05) is 0 Å². The number of aromatic hydroxyl groups is 4. The van der Waals surface area contributed by atoms with Crippen LogP contribution < -0.4 is 5.43 Å². The largest absolute Gasteiger partial charge is 0.504 e. The van der Waals surface area contributed by atoms with Gasteiger partial charge in [-0.2, -0.15) is 0 Å². The maximum Gasteiger partial charge on any atom is 0.230 e. The average Bonchev–Trinajstić information content (AvgIpc) is 2.55. The van der Waals surface area contributed by atoms with Crippen molar-refractivity contribution in [3.63, 3.8) is 0 Å². The summed E-state index contributed by atoms with van der Waals surface area (Å²) >= 11 is 0. The van der Waals surface area contributed by atoms with E-state index in [-0.39, 0.29) is 17.2 Å². The molecule has 1 aliphatic rings. The fourth-order valence-corrected chi connectivity index (χ4v) is 3.11. The molecule has 0 bridgehead atoms. The second kappa shape index (κ2) is 5.87. The van der Waals surface area contributed by atoms with Crippen LogP contribution in [0.3, 0.4) is 0 Å². The smallest absolute Gasteiger partial charge is 0.230 e. The average molecular weight is 318 g/mol. The Balaban J connectivity index is 2.05. The maximum absolute atomic E-state index is 12.4. The molecule has 0 atom stereocenters. The van der Waals surface area contributed by atoms with Crippen LogP contribution in [0.4, 0.5) is 0 Å². The molecule has 1 aromatic carbocycles. The predicted molar refractivity (Wildman–Crippen MR) is 82.9 cm³/mol. The van der Waals surface area contributed by atoms with Crippen molar-refractivity contribution in [2.45, 2.75) is 38.0 Å². The van der Waals surface area contributed by atoms with E-state index in [1.165, 1.54) is 6.26 Å². The van der Waals surface area contributed by atoms with Gasteiger partial charge in [0.15, 0.2) is 23.0 Å². The van der Waals surface area contributed by atoms with Crippen LogP contribution in [-0.2, 0) is 0 Å². The molecule has 122 valence electrons. The normalized spacial score (nSPS) is 15.7. The monoisotopic (exact) mass is 318 g/mol. The molecule has 1 fully saturated rings. The molecule has 0 saturated heterocycles. The van der Waals surface area contributed by atoms with E-state index in [0.29, 0.717) is 5.56 Å². The minimum Gasteiger partial charge on any atom is -0.504 e. The van der Waals surface area contributed by atoms with E-state index >= 15 is 0 Å². The van der Waals surface area contributed by atoms with Crippen molar-refractivity contribution < 1.29 is 24.8 Å². The Morgan fingerprint density at radius 1 is 0.913 bits per heavy atom. The summed E-state index contributed by atoms with van der Waals surface area (Å²) in [6.07, 6.45) is 6.37. The van der Waals surface area contributed by atoms with E-state index in [0.717, 1.165) is 44.2 Å². The second-order valence-corrected chi connectivity index (χ2v) is 5.90. The minimum atomic E-state index is -0.672. The molecule has 0 spiro atoms. The molecule has 1 aromatic heterocycles. The Bertz CT molecular complexity index is 763. The lowest BCUT2D eigenvalue weighted by molar-refractivity contribution is 0.367. The Labute approximate surface area is 132 Å². The predicted octanol–water partition coefficient (Wildman–Crippen LogP) is 3.18. The zero-order valence-corrected chi connectivity index (χ0v) is 12.5. The van der Waals surface area contributed by atoms with E-state index in [1.54, 1.807) is 0 Å². The molecular formula is C17H18O6. The van der Waals surface area contributed by atoms with Gasteiger partial charge < -0.3 is 24.8 Å². The van der Waals surface area contributed by atoms with Crippen molar-refractivity contribution >= 4 is 0 Å². The quantitative estimate of drug-likeness (QED) is 0.633. The Hall–Kier alpha value is -2.63. The molecule has 3 rings (SSSR count). The summed E-state index contributed by atoms with van der Waals surface area (Å²) in [5.41, 5.74) is 0.0611. The number of hydrogen-bond donors (Lipinski definition) is 4. The van der Waals surface area contributed by atoms with Crippen molar-refractivity contribution in [1.82, 2.24) is 0 Å². The van der Waals surface area contributed by atoms with Crippen LogP contribution in [0.25, 0.3) is 11.3 Å². The number of benzene rings is 1. The third-order valence-electron chi connectivity index (χ3n) is 4.37. The highest BCUT2D eigenvalue weighted by atomic mass is 16.4. The van der Waals surface area contributed by atoms with Gasteiger partial charge in [-0.15, -0.1) is 0 Å². The van der Waals surface area contributed by atoms with Crippen LogP contribution in [-0.4, -0.2) is 20.4 Å². The van der Waals surface area contributed by atoms with Gasteiger partial charge >= 0.3 is 0 Å². The first-order valence-electron chi connectivity index (χ1n) is 7.59. The van der Waals surface area contributed by atoms with Gasteiger partial charge in [-0.25, -0.2) is 0 Å². The van der Waals surface area contributed by atoms with Crippen molar-refractivity contribution in [3.05, 3.63) is 34.2 Å². The molecule has 1 aliphatic carbocycles. The summed E-state index contributed by atoms with van der Waals surface area (Å²) in [5.74, 6) is -2.44. The topological polar surface area (TPSA) is 111 Å². The van der Waals surface area contributed by atoms with Crippen LogP contribution in [0, 0.1) is 0 Å². The lowest BCUT2D eigenvalue weighted by Crippen LogP contribution is -2.15. The van der Waals surface area contributed by atoms with Gasteiger partial charge in [0.25, 0.3) is 0 Å². The Morgan fingerprint density at radius 3 is 2.13 bits per heavy atom. The highest BCUT2D eigenvalue weighted by Crippen LogP contribution is 2.41. The lowest BCUT2D eigenvalue weighted by atomic mass is 9.84. The van der Waals surface area contributed by atoms with E-state index in [9.17, 15) is 25.2 Å². The fourth-order valence-electron chi connectivity index (χ4n) is 3.11. The summed E-state index contributed by atoms with van der Waals surface area (Å²) in [4.78, 5) is 12.4.